The van der Waals surface area contributed by atoms with Gasteiger partial charge >= 0.3 is 0 Å². The average Bonchev–Trinajstić information content (AvgIpc) is 3.06. The second-order valence-electron chi connectivity index (χ2n) is 5.04. The summed E-state index contributed by atoms with van der Waals surface area (Å²) in [5.41, 5.74) is 0. The number of hydrogen-bond acceptors (Lipinski definition) is 4. The van der Waals surface area contributed by atoms with Gasteiger partial charge in [0.2, 0.25) is 0 Å². The first kappa shape index (κ1) is 14.6. The first-order valence-electron chi connectivity index (χ1n) is 7.21. The van der Waals surface area contributed by atoms with Gasteiger partial charge < -0.3 is 19.0 Å². The fourth-order valence-corrected chi connectivity index (χ4v) is 2.25. The van der Waals surface area contributed by atoms with Crippen LogP contribution in [0.15, 0.2) is 65.3 Å². The molecule has 0 aliphatic rings. The fraction of sp³-hybridized carbons (Fsp3) is 0.222. The van der Waals surface area contributed by atoms with E-state index in [-0.39, 0.29) is 13.2 Å². The van der Waals surface area contributed by atoms with Crippen LogP contribution < -0.4 is 4.74 Å². The van der Waals surface area contributed by atoms with Crippen molar-refractivity contribution < 1.29 is 19.0 Å². The topological polar surface area (TPSA) is 51.8 Å². The molecule has 1 unspecified atom stereocenters. The van der Waals surface area contributed by atoms with Crippen LogP contribution in [0.3, 0.4) is 0 Å². The van der Waals surface area contributed by atoms with Crippen LogP contribution in [0.1, 0.15) is 5.76 Å². The van der Waals surface area contributed by atoms with Crippen molar-refractivity contribution in [2.24, 2.45) is 0 Å². The number of hydrogen-bond donors (Lipinski definition) is 1. The number of aliphatic hydroxyl groups excluding tert-OH is 1. The summed E-state index contributed by atoms with van der Waals surface area (Å²) in [5.74, 6) is 1.50. The summed E-state index contributed by atoms with van der Waals surface area (Å²) in [6.45, 7) is 0.732. The number of rotatable bonds is 7. The molecule has 1 N–H and O–H groups in total. The van der Waals surface area contributed by atoms with E-state index in [2.05, 4.69) is 0 Å². The second kappa shape index (κ2) is 7.11. The normalized spacial score (nSPS) is 12.4. The number of aliphatic hydroxyl groups is 1. The van der Waals surface area contributed by atoms with Gasteiger partial charge in [0.15, 0.2) is 0 Å². The van der Waals surface area contributed by atoms with Gasteiger partial charge in [-0.05, 0) is 23.6 Å². The highest BCUT2D eigenvalue weighted by Gasteiger charge is 2.08. The lowest BCUT2D eigenvalue weighted by Gasteiger charge is -2.14. The third kappa shape index (κ3) is 3.67. The van der Waals surface area contributed by atoms with Crippen molar-refractivity contribution in [1.82, 2.24) is 0 Å². The lowest BCUT2D eigenvalue weighted by Crippen LogP contribution is -2.23. The smallest absolute Gasteiger partial charge is 0.129 e. The summed E-state index contributed by atoms with van der Waals surface area (Å²) < 4.78 is 16.3. The number of furan rings is 1. The van der Waals surface area contributed by atoms with E-state index in [0.717, 1.165) is 22.3 Å². The molecule has 0 aliphatic carbocycles. The van der Waals surface area contributed by atoms with Gasteiger partial charge in [0.25, 0.3) is 0 Å². The zero-order valence-electron chi connectivity index (χ0n) is 12.1. The van der Waals surface area contributed by atoms with Crippen molar-refractivity contribution in [2.45, 2.75) is 12.7 Å². The van der Waals surface area contributed by atoms with E-state index >= 15 is 0 Å². The first-order chi connectivity index (χ1) is 10.8. The van der Waals surface area contributed by atoms with E-state index in [9.17, 15) is 5.11 Å². The van der Waals surface area contributed by atoms with Crippen molar-refractivity contribution in [3.05, 3.63) is 66.6 Å². The van der Waals surface area contributed by atoms with Crippen LogP contribution in [-0.4, -0.2) is 24.4 Å². The van der Waals surface area contributed by atoms with Gasteiger partial charge in [0, 0.05) is 5.39 Å². The fourth-order valence-electron chi connectivity index (χ4n) is 2.25. The third-order valence-electron chi connectivity index (χ3n) is 3.32. The highest BCUT2D eigenvalue weighted by Crippen LogP contribution is 2.25. The lowest BCUT2D eigenvalue weighted by atomic mass is 10.1. The van der Waals surface area contributed by atoms with Gasteiger partial charge in [-0.2, -0.15) is 0 Å². The molecule has 3 aromatic rings. The summed E-state index contributed by atoms with van der Waals surface area (Å²) in [7, 11) is 0. The van der Waals surface area contributed by atoms with Gasteiger partial charge in [-0.25, -0.2) is 0 Å². The van der Waals surface area contributed by atoms with Crippen molar-refractivity contribution in [2.75, 3.05) is 13.2 Å². The monoisotopic (exact) mass is 298 g/mol. The molecule has 0 radical (unpaired) electrons. The molecule has 0 saturated carbocycles. The van der Waals surface area contributed by atoms with Crippen LogP contribution in [0.25, 0.3) is 10.8 Å². The van der Waals surface area contributed by atoms with Crippen LogP contribution in [0.5, 0.6) is 5.75 Å². The van der Waals surface area contributed by atoms with Gasteiger partial charge in [-0.1, -0.05) is 36.4 Å². The molecule has 3 rings (SSSR count). The minimum Gasteiger partial charge on any atom is -0.490 e. The summed E-state index contributed by atoms with van der Waals surface area (Å²) in [4.78, 5) is 0. The van der Waals surface area contributed by atoms with Crippen LogP contribution in [0.2, 0.25) is 0 Å². The summed E-state index contributed by atoms with van der Waals surface area (Å²) in [5, 5.41) is 12.1. The summed E-state index contributed by atoms with van der Waals surface area (Å²) in [6.07, 6.45) is 0.910. The Balaban J connectivity index is 1.50. The van der Waals surface area contributed by atoms with E-state index < -0.39 is 6.10 Å². The predicted molar refractivity (Wildman–Crippen MR) is 83.8 cm³/mol. The highest BCUT2D eigenvalue weighted by atomic mass is 16.5. The maximum atomic E-state index is 9.93. The van der Waals surface area contributed by atoms with Crippen LogP contribution >= 0.6 is 0 Å². The molecular formula is C18H18O4. The van der Waals surface area contributed by atoms with Crippen LogP contribution in [0.4, 0.5) is 0 Å². The van der Waals surface area contributed by atoms with Gasteiger partial charge in [-0.3, -0.25) is 0 Å². The molecule has 22 heavy (non-hydrogen) atoms. The molecule has 0 spiro atoms. The zero-order chi connectivity index (χ0) is 15.2. The van der Waals surface area contributed by atoms with Gasteiger partial charge in [-0.15, -0.1) is 0 Å². The largest absolute Gasteiger partial charge is 0.490 e. The maximum absolute atomic E-state index is 9.93. The summed E-state index contributed by atoms with van der Waals surface area (Å²) in [6, 6.07) is 17.5. The Bertz CT molecular complexity index is 701. The van der Waals surface area contributed by atoms with Crippen LogP contribution in [-0.2, 0) is 11.3 Å². The van der Waals surface area contributed by atoms with E-state index in [1.807, 2.05) is 48.5 Å². The predicted octanol–water partition coefficient (Wildman–Crippen LogP) is 3.39. The van der Waals surface area contributed by atoms with E-state index in [4.69, 9.17) is 13.9 Å². The highest BCUT2D eigenvalue weighted by molar-refractivity contribution is 5.88. The lowest BCUT2D eigenvalue weighted by molar-refractivity contribution is 0.00113. The first-order valence-corrected chi connectivity index (χ1v) is 7.21. The van der Waals surface area contributed by atoms with E-state index in [1.165, 1.54) is 0 Å². The molecule has 2 aromatic carbocycles. The Kier molecular flexibility index (Phi) is 4.73. The van der Waals surface area contributed by atoms with E-state index in [1.54, 1.807) is 12.3 Å². The molecule has 1 heterocycles. The standard InChI is InChI=1S/C18H18O4/c19-15(11-20-13-16-7-4-10-21-16)12-22-18-9-3-6-14-5-1-2-8-17(14)18/h1-10,15,19H,11-13H2. The molecule has 1 aromatic heterocycles. The Labute approximate surface area is 128 Å². The second-order valence-corrected chi connectivity index (χ2v) is 5.04. The molecule has 4 nitrogen and oxygen atoms in total. The van der Waals surface area contributed by atoms with Crippen molar-refractivity contribution in [3.8, 4) is 5.75 Å². The Morgan fingerprint density at radius 1 is 0.955 bits per heavy atom. The number of fused-ring (bicyclic) bond motifs is 1. The summed E-state index contributed by atoms with van der Waals surface area (Å²) >= 11 is 0. The number of benzene rings is 2. The molecule has 0 amide bonds. The average molecular weight is 298 g/mol. The minimum absolute atomic E-state index is 0.187. The molecule has 0 bridgehead atoms. The van der Waals surface area contributed by atoms with E-state index in [0.29, 0.717) is 6.61 Å². The Morgan fingerprint density at radius 3 is 2.68 bits per heavy atom. The molecule has 1 atom stereocenters. The molecule has 114 valence electrons. The number of ether oxygens (including phenoxy) is 2. The maximum Gasteiger partial charge on any atom is 0.129 e. The van der Waals surface area contributed by atoms with Gasteiger partial charge in [0.1, 0.15) is 30.8 Å². The zero-order valence-corrected chi connectivity index (χ0v) is 12.1. The van der Waals surface area contributed by atoms with Crippen molar-refractivity contribution in [1.29, 1.82) is 0 Å². The molecule has 0 saturated heterocycles. The third-order valence-corrected chi connectivity index (χ3v) is 3.32. The van der Waals surface area contributed by atoms with Crippen LogP contribution in [0, 0.1) is 0 Å². The quantitative estimate of drug-likeness (QED) is 0.726. The Hall–Kier alpha value is -2.30. The molecule has 0 fully saturated rings. The van der Waals surface area contributed by atoms with Crippen molar-refractivity contribution >= 4 is 10.8 Å². The SMILES string of the molecule is OC(COCc1ccco1)COc1cccc2ccccc12. The molecule has 0 aliphatic heterocycles. The van der Waals surface area contributed by atoms with Gasteiger partial charge in [0.05, 0.1) is 12.9 Å². The minimum atomic E-state index is -0.686. The molecular weight excluding hydrogens is 280 g/mol. The van der Waals surface area contributed by atoms with Crippen molar-refractivity contribution in [3.63, 3.8) is 0 Å². The molecule has 4 heteroatoms. The Morgan fingerprint density at radius 2 is 1.82 bits per heavy atom.